The molecule has 6 nitrogen and oxygen atoms in total. The number of alkyl halides is 3. The normalized spacial score (nSPS) is 11.2. The van der Waals surface area contributed by atoms with Crippen molar-refractivity contribution in [3.8, 4) is 16.2 Å². The maximum absolute atomic E-state index is 12.9. The van der Waals surface area contributed by atoms with Crippen LogP contribution in [0.3, 0.4) is 0 Å². The topological polar surface area (TPSA) is 95.9 Å². The van der Waals surface area contributed by atoms with Crippen LogP contribution in [0.1, 0.15) is 20.8 Å². The van der Waals surface area contributed by atoms with Crippen molar-refractivity contribution >= 4 is 29.0 Å². The third kappa shape index (κ3) is 5.76. The van der Waals surface area contributed by atoms with E-state index in [0.717, 1.165) is 29.0 Å². The fourth-order valence-electron chi connectivity index (χ4n) is 2.76. The molecule has 162 valence electrons. The number of rotatable bonds is 8. The van der Waals surface area contributed by atoms with E-state index in [1.54, 1.807) is 24.3 Å². The summed E-state index contributed by atoms with van der Waals surface area (Å²) in [4.78, 5) is 22.6. The highest BCUT2D eigenvalue weighted by molar-refractivity contribution is 7.17. The molecule has 0 unspecified atom stereocenters. The summed E-state index contributed by atoms with van der Waals surface area (Å²) in [6.45, 7) is -0.425. The number of halogens is 3. The van der Waals surface area contributed by atoms with E-state index < -0.39 is 30.3 Å². The molecule has 0 saturated heterocycles. The van der Waals surface area contributed by atoms with E-state index in [-0.39, 0.29) is 17.2 Å². The van der Waals surface area contributed by atoms with Crippen LogP contribution in [-0.2, 0) is 17.5 Å². The highest BCUT2D eigenvalue weighted by atomic mass is 32.1. The van der Waals surface area contributed by atoms with Gasteiger partial charge in [0.15, 0.2) is 11.5 Å². The number of aliphatic carboxylic acids is 1. The third-order valence-corrected chi connectivity index (χ3v) is 5.29. The van der Waals surface area contributed by atoms with Crippen molar-refractivity contribution in [3.05, 3.63) is 70.6 Å². The minimum Gasteiger partial charge on any atom is -0.480 e. The number of anilines is 1. The van der Waals surface area contributed by atoms with Crippen molar-refractivity contribution in [2.45, 2.75) is 12.7 Å². The van der Waals surface area contributed by atoms with Gasteiger partial charge in [-0.2, -0.15) is 13.2 Å². The van der Waals surface area contributed by atoms with E-state index in [9.17, 15) is 27.9 Å². The van der Waals surface area contributed by atoms with Crippen LogP contribution >= 0.6 is 11.3 Å². The average Bonchev–Trinajstić information content (AvgIpc) is 3.15. The molecule has 1 heterocycles. The van der Waals surface area contributed by atoms with Crippen LogP contribution in [-0.4, -0.2) is 28.8 Å². The maximum Gasteiger partial charge on any atom is 0.416 e. The summed E-state index contributed by atoms with van der Waals surface area (Å²) >= 11 is 0.937. The Bertz CT molecular complexity index is 1110. The number of ether oxygens (including phenoxy) is 1. The lowest BCUT2D eigenvalue weighted by atomic mass is 10.1. The fourth-order valence-corrected chi connectivity index (χ4v) is 3.69. The molecular formula is C21H16F3NO5S. The van der Waals surface area contributed by atoms with Gasteiger partial charge in [0.05, 0.1) is 5.56 Å². The molecule has 10 heteroatoms. The molecule has 3 rings (SSSR count). The van der Waals surface area contributed by atoms with E-state index >= 15 is 0 Å². The first-order valence-electron chi connectivity index (χ1n) is 8.85. The minimum absolute atomic E-state index is 0.0395. The van der Waals surface area contributed by atoms with E-state index in [1.165, 1.54) is 18.2 Å². The van der Waals surface area contributed by atoms with Crippen LogP contribution in [0.25, 0.3) is 10.4 Å². The summed E-state index contributed by atoms with van der Waals surface area (Å²) in [5, 5.41) is 21.0. The van der Waals surface area contributed by atoms with Crippen LogP contribution in [0.15, 0.2) is 54.6 Å². The van der Waals surface area contributed by atoms with E-state index in [4.69, 9.17) is 9.84 Å². The lowest BCUT2D eigenvalue weighted by Crippen LogP contribution is -2.10. The van der Waals surface area contributed by atoms with Crippen molar-refractivity contribution in [2.75, 3.05) is 11.9 Å². The van der Waals surface area contributed by atoms with Crippen molar-refractivity contribution in [3.63, 3.8) is 0 Å². The molecule has 3 aromatic rings. The number of hydrogen-bond donors (Lipinski definition) is 3. The Morgan fingerprint density at radius 3 is 2.45 bits per heavy atom. The summed E-state index contributed by atoms with van der Waals surface area (Å²) in [6.07, 6.45) is -4.43. The predicted molar refractivity (Wildman–Crippen MR) is 109 cm³/mol. The number of thiophene rings is 1. The van der Waals surface area contributed by atoms with Crippen molar-refractivity contribution in [2.24, 2.45) is 0 Å². The molecule has 0 bridgehead atoms. The van der Waals surface area contributed by atoms with Crippen molar-refractivity contribution in [1.29, 1.82) is 0 Å². The lowest BCUT2D eigenvalue weighted by molar-refractivity contribution is -0.139. The number of nitrogens with one attached hydrogen (secondary N) is 1. The molecule has 1 aromatic heterocycles. The quantitative estimate of drug-likeness (QED) is 0.435. The first-order valence-corrected chi connectivity index (χ1v) is 9.67. The zero-order valence-electron chi connectivity index (χ0n) is 15.8. The highest BCUT2D eigenvalue weighted by Crippen LogP contribution is 2.37. The zero-order valence-corrected chi connectivity index (χ0v) is 16.6. The van der Waals surface area contributed by atoms with Gasteiger partial charge in [0.1, 0.15) is 5.75 Å². The summed E-state index contributed by atoms with van der Waals surface area (Å²) in [7, 11) is 0. The first-order chi connectivity index (χ1) is 14.6. The Hall–Kier alpha value is -3.53. The SMILES string of the molecule is O=C(O)COc1cc(-c2cccc(CNc3cccc(C(F)(F)F)c3)c2)sc1C(=O)O. The van der Waals surface area contributed by atoms with Gasteiger partial charge in [-0.3, -0.25) is 0 Å². The number of carboxylic acid groups (broad SMARTS) is 2. The summed E-state index contributed by atoms with van der Waals surface area (Å²) in [5.41, 5.74) is 0.989. The summed E-state index contributed by atoms with van der Waals surface area (Å²) in [6, 6.07) is 13.3. The van der Waals surface area contributed by atoms with Gasteiger partial charge in [0.2, 0.25) is 0 Å². The Labute approximate surface area is 178 Å². The van der Waals surface area contributed by atoms with Crippen LogP contribution in [0.2, 0.25) is 0 Å². The van der Waals surface area contributed by atoms with Crippen molar-refractivity contribution in [1.82, 2.24) is 0 Å². The number of hydrogen-bond acceptors (Lipinski definition) is 5. The van der Waals surface area contributed by atoms with Gasteiger partial charge >= 0.3 is 18.1 Å². The molecule has 0 aliphatic rings. The summed E-state index contributed by atoms with van der Waals surface area (Å²) in [5.74, 6) is -2.51. The average molecular weight is 451 g/mol. The molecule has 0 amide bonds. The number of carboxylic acids is 2. The molecule has 0 fully saturated rings. The van der Waals surface area contributed by atoms with Crippen LogP contribution in [0, 0.1) is 0 Å². The predicted octanol–water partition coefficient (Wildman–Crippen LogP) is 5.21. The van der Waals surface area contributed by atoms with Gasteiger partial charge < -0.3 is 20.3 Å². The number of benzene rings is 2. The maximum atomic E-state index is 12.9. The van der Waals surface area contributed by atoms with Gasteiger partial charge in [-0.05, 0) is 41.5 Å². The standard InChI is InChI=1S/C21H16F3NO5S/c22-21(23,24)14-5-2-6-15(8-14)25-10-12-3-1-4-13(7-12)17-9-16(30-11-18(26)27)19(31-17)20(28)29/h1-9,25H,10-11H2,(H,26,27)(H,28,29). The molecule has 31 heavy (non-hydrogen) atoms. The molecule has 0 spiro atoms. The highest BCUT2D eigenvalue weighted by Gasteiger charge is 2.30. The molecule has 0 saturated carbocycles. The second kappa shape index (κ2) is 9.09. The van der Waals surface area contributed by atoms with Gasteiger partial charge in [-0.1, -0.05) is 24.3 Å². The molecular weight excluding hydrogens is 435 g/mol. The van der Waals surface area contributed by atoms with Gasteiger partial charge in [0.25, 0.3) is 0 Å². The van der Waals surface area contributed by atoms with Crippen LogP contribution in [0.4, 0.5) is 18.9 Å². The Morgan fingerprint density at radius 1 is 1.03 bits per heavy atom. The molecule has 3 N–H and O–H groups in total. The molecule has 0 aliphatic heterocycles. The Morgan fingerprint density at radius 2 is 1.77 bits per heavy atom. The number of carbonyl (C=O) groups is 2. The molecule has 0 radical (unpaired) electrons. The van der Waals surface area contributed by atoms with Gasteiger partial charge in [-0.15, -0.1) is 11.3 Å². The molecule has 0 atom stereocenters. The monoisotopic (exact) mass is 451 g/mol. The second-order valence-corrected chi connectivity index (χ2v) is 7.48. The Balaban J connectivity index is 1.78. The Kier molecular flexibility index (Phi) is 6.50. The lowest BCUT2D eigenvalue weighted by Gasteiger charge is -2.11. The van der Waals surface area contributed by atoms with Crippen molar-refractivity contribution < 1.29 is 37.7 Å². The minimum atomic E-state index is -4.43. The first kappa shape index (κ1) is 22.2. The summed E-state index contributed by atoms with van der Waals surface area (Å²) < 4.78 is 43.6. The van der Waals surface area contributed by atoms with E-state index in [0.29, 0.717) is 16.1 Å². The van der Waals surface area contributed by atoms with Gasteiger partial charge in [0, 0.05) is 17.1 Å². The van der Waals surface area contributed by atoms with E-state index in [1.807, 2.05) is 0 Å². The smallest absolute Gasteiger partial charge is 0.416 e. The van der Waals surface area contributed by atoms with Crippen LogP contribution < -0.4 is 10.1 Å². The number of aromatic carboxylic acids is 1. The van der Waals surface area contributed by atoms with Gasteiger partial charge in [-0.25, -0.2) is 9.59 Å². The third-order valence-electron chi connectivity index (χ3n) is 4.14. The van der Waals surface area contributed by atoms with E-state index in [2.05, 4.69) is 5.32 Å². The fraction of sp³-hybridized carbons (Fsp3) is 0.143. The second-order valence-electron chi connectivity index (χ2n) is 6.42. The van der Waals surface area contributed by atoms with Crippen LogP contribution in [0.5, 0.6) is 5.75 Å². The largest absolute Gasteiger partial charge is 0.480 e. The molecule has 0 aliphatic carbocycles. The zero-order chi connectivity index (χ0) is 22.6. The molecule has 2 aromatic carbocycles.